The molecule has 9 N–H and O–H groups in total. The number of aliphatic carboxylic acids is 2. The van der Waals surface area contributed by atoms with Gasteiger partial charge in [-0.05, 0) is 38.6 Å². The number of carboxylic acid groups (broad SMARTS) is 2. The van der Waals surface area contributed by atoms with Gasteiger partial charge in [-0.25, -0.2) is 0 Å². The van der Waals surface area contributed by atoms with E-state index in [-0.39, 0.29) is 12.3 Å². The maximum Gasteiger partial charge on any atom is 0.325 e. The lowest BCUT2D eigenvalue weighted by Crippen LogP contribution is -2.58. The van der Waals surface area contributed by atoms with Crippen molar-refractivity contribution in [3.63, 3.8) is 0 Å². The molecule has 0 saturated heterocycles. The molecular weight excluding hydrogens is 410 g/mol. The van der Waals surface area contributed by atoms with Crippen molar-refractivity contribution >= 4 is 29.7 Å². The van der Waals surface area contributed by atoms with Gasteiger partial charge in [0.2, 0.25) is 17.7 Å². The molecule has 0 fully saturated rings. The second-order valence-electron chi connectivity index (χ2n) is 7.68. The Morgan fingerprint density at radius 3 is 1.94 bits per heavy atom. The molecule has 12 heteroatoms. The molecule has 0 aliphatic rings. The summed E-state index contributed by atoms with van der Waals surface area (Å²) >= 11 is 0. The molecular formula is C19H35N5O7. The molecule has 0 aliphatic heterocycles. The summed E-state index contributed by atoms with van der Waals surface area (Å²) in [5.74, 6) is -4.90. The number of rotatable bonds is 15. The van der Waals surface area contributed by atoms with E-state index in [9.17, 15) is 24.0 Å². The van der Waals surface area contributed by atoms with Crippen molar-refractivity contribution in [3.8, 4) is 0 Å². The van der Waals surface area contributed by atoms with Crippen LogP contribution in [0.3, 0.4) is 0 Å². The number of carbonyl (C=O) groups is 5. The van der Waals surface area contributed by atoms with Gasteiger partial charge in [-0.15, -0.1) is 0 Å². The van der Waals surface area contributed by atoms with E-state index >= 15 is 0 Å². The van der Waals surface area contributed by atoms with Gasteiger partial charge in [0.15, 0.2) is 0 Å². The quantitative estimate of drug-likeness (QED) is 0.146. The van der Waals surface area contributed by atoms with Gasteiger partial charge in [0.25, 0.3) is 0 Å². The Balaban J connectivity index is 5.23. The first-order chi connectivity index (χ1) is 14.4. The molecule has 4 atom stereocenters. The van der Waals surface area contributed by atoms with Gasteiger partial charge in [0.05, 0.1) is 6.04 Å². The van der Waals surface area contributed by atoms with Gasteiger partial charge in [0, 0.05) is 6.42 Å². The van der Waals surface area contributed by atoms with Crippen LogP contribution in [-0.4, -0.2) is 70.6 Å². The van der Waals surface area contributed by atoms with Crippen LogP contribution in [0.2, 0.25) is 0 Å². The van der Waals surface area contributed by atoms with Crippen LogP contribution >= 0.6 is 0 Å². The number of hydrogen-bond acceptors (Lipinski definition) is 7. The highest BCUT2D eigenvalue weighted by Crippen LogP contribution is 2.07. The van der Waals surface area contributed by atoms with Crippen molar-refractivity contribution in [2.45, 2.75) is 77.0 Å². The van der Waals surface area contributed by atoms with Crippen LogP contribution in [0.15, 0.2) is 0 Å². The molecule has 0 aromatic carbocycles. The van der Waals surface area contributed by atoms with E-state index in [2.05, 4.69) is 16.0 Å². The van der Waals surface area contributed by atoms with E-state index in [1.54, 1.807) is 13.8 Å². The average Bonchev–Trinajstić information content (AvgIpc) is 2.68. The summed E-state index contributed by atoms with van der Waals surface area (Å²) in [5.41, 5.74) is 11.3. The third-order valence-electron chi connectivity index (χ3n) is 4.56. The molecule has 0 heterocycles. The molecule has 0 aromatic heterocycles. The minimum absolute atomic E-state index is 0.253. The molecule has 0 aliphatic carbocycles. The first-order valence-electron chi connectivity index (χ1n) is 10.2. The van der Waals surface area contributed by atoms with Gasteiger partial charge < -0.3 is 37.6 Å². The molecule has 3 amide bonds. The lowest BCUT2D eigenvalue weighted by Gasteiger charge is -2.26. The summed E-state index contributed by atoms with van der Waals surface area (Å²) in [5, 5.41) is 25.0. The number of carbonyl (C=O) groups excluding carboxylic acids is 3. The van der Waals surface area contributed by atoms with Crippen LogP contribution in [-0.2, 0) is 24.0 Å². The van der Waals surface area contributed by atoms with Crippen molar-refractivity contribution in [2.75, 3.05) is 6.54 Å². The second-order valence-corrected chi connectivity index (χ2v) is 7.68. The molecule has 0 radical (unpaired) electrons. The maximum absolute atomic E-state index is 12.8. The standard InChI is InChI=1S/C19H35N5O7/c1-10(2)15(24-16(27)12(21)6-4-5-9-20)18(29)23-13(7-8-14(25)26)17(28)22-11(3)19(30)31/h10-13,15H,4-9,20-21H2,1-3H3,(H,22,28)(H,23,29)(H,24,27)(H,25,26)(H,30,31)/t11-,12-,13-,15-/m0/s1. The smallest absolute Gasteiger partial charge is 0.325 e. The van der Waals surface area contributed by atoms with Crippen LogP contribution in [0.25, 0.3) is 0 Å². The summed E-state index contributed by atoms with van der Waals surface area (Å²) in [6, 6.07) is -4.38. The fraction of sp³-hybridized carbons (Fsp3) is 0.737. The van der Waals surface area contributed by atoms with Crippen LogP contribution < -0.4 is 27.4 Å². The lowest BCUT2D eigenvalue weighted by atomic mass is 10.0. The SMILES string of the molecule is CC(C)[C@H](NC(=O)[C@@H](N)CCCCN)C(=O)N[C@@H](CCC(=O)O)C(=O)N[C@@H](C)C(=O)O. The number of amides is 3. The number of unbranched alkanes of at least 4 members (excludes halogenated alkanes) is 1. The third-order valence-corrected chi connectivity index (χ3v) is 4.56. The number of nitrogens with two attached hydrogens (primary N) is 2. The van der Waals surface area contributed by atoms with Gasteiger partial charge in [-0.2, -0.15) is 0 Å². The molecule has 0 aromatic rings. The van der Waals surface area contributed by atoms with Crippen molar-refractivity contribution in [1.29, 1.82) is 0 Å². The normalized spacial score (nSPS) is 14.8. The van der Waals surface area contributed by atoms with E-state index < -0.39 is 60.2 Å². The van der Waals surface area contributed by atoms with Gasteiger partial charge in [-0.1, -0.05) is 20.3 Å². The first-order valence-corrected chi connectivity index (χ1v) is 10.2. The van der Waals surface area contributed by atoms with Crippen LogP contribution in [0, 0.1) is 5.92 Å². The Hall–Kier alpha value is -2.73. The summed E-state index contributed by atoms with van der Waals surface area (Å²) in [7, 11) is 0. The van der Waals surface area contributed by atoms with Crippen LogP contribution in [0.1, 0.15) is 52.9 Å². The van der Waals surface area contributed by atoms with Crippen molar-refractivity contribution < 1.29 is 34.2 Å². The molecule has 0 rings (SSSR count). The maximum atomic E-state index is 12.8. The first kappa shape index (κ1) is 28.3. The molecule has 0 spiro atoms. The predicted octanol–water partition coefficient (Wildman–Crippen LogP) is -1.48. The third kappa shape index (κ3) is 11.3. The van der Waals surface area contributed by atoms with Crippen molar-refractivity contribution in [2.24, 2.45) is 17.4 Å². The van der Waals surface area contributed by atoms with Crippen molar-refractivity contribution in [3.05, 3.63) is 0 Å². The number of nitrogens with one attached hydrogen (secondary N) is 3. The Bertz CT molecular complexity index is 641. The second kappa shape index (κ2) is 14.3. The predicted molar refractivity (Wildman–Crippen MR) is 112 cm³/mol. The summed E-state index contributed by atoms with van der Waals surface area (Å²) in [6.45, 7) is 5.08. The zero-order chi connectivity index (χ0) is 24.1. The van der Waals surface area contributed by atoms with E-state index in [4.69, 9.17) is 21.7 Å². The Labute approximate surface area is 181 Å². The zero-order valence-electron chi connectivity index (χ0n) is 18.2. The highest BCUT2D eigenvalue weighted by Gasteiger charge is 2.31. The number of hydrogen-bond donors (Lipinski definition) is 7. The van der Waals surface area contributed by atoms with Crippen LogP contribution in [0.4, 0.5) is 0 Å². The lowest BCUT2D eigenvalue weighted by molar-refractivity contribution is -0.142. The minimum atomic E-state index is -1.29. The van der Waals surface area contributed by atoms with E-state index in [0.717, 1.165) is 0 Å². The highest BCUT2D eigenvalue weighted by molar-refractivity contribution is 5.94. The van der Waals surface area contributed by atoms with Gasteiger partial charge in [0.1, 0.15) is 18.1 Å². The highest BCUT2D eigenvalue weighted by atomic mass is 16.4. The Morgan fingerprint density at radius 1 is 0.839 bits per heavy atom. The number of carboxylic acids is 2. The fourth-order valence-electron chi connectivity index (χ4n) is 2.61. The van der Waals surface area contributed by atoms with Crippen LogP contribution in [0.5, 0.6) is 0 Å². The molecule has 0 unspecified atom stereocenters. The average molecular weight is 446 g/mol. The van der Waals surface area contributed by atoms with E-state index in [1.807, 2.05) is 0 Å². The Kier molecular flexibility index (Phi) is 13.0. The molecule has 31 heavy (non-hydrogen) atoms. The molecule has 0 bridgehead atoms. The molecule has 0 saturated carbocycles. The van der Waals surface area contributed by atoms with Crippen molar-refractivity contribution in [1.82, 2.24) is 16.0 Å². The largest absolute Gasteiger partial charge is 0.481 e. The summed E-state index contributed by atoms with van der Waals surface area (Å²) < 4.78 is 0. The van der Waals surface area contributed by atoms with Gasteiger partial charge in [-0.3, -0.25) is 24.0 Å². The van der Waals surface area contributed by atoms with Gasteiger partial charge >= 0.3 is 11.9 Å². The van der Waals surface area contributed by atoms with E-state index in [0.29, 0.717) is 25.8 Å². The summed E-state index contributed by atoms with van der Waals surface area (Å²) in [4.78, 5) is 59.3. The monoisotopic (exact) mass is 445 g/mol. The van der Waals surface area contributed by atoms with E-state index in [1.165, 1.54) is 6.92 Å². The minimum Gasteiger partial charge on any atom is -0.481 e. The topological polar surface area (TPSA) is 214 Å². The fourth-order valence-corrected chi connectivity index (χ4v) is 2.61. The molecule has 178 valence electrons. The summed E-state index contributed by atoms with van der Waals surface area (Å²) in [6.07, 6.45) is 1.08. The zero-order valence-corrected chi connectivity index (χ0v) is 18.2. The Morgan fingerprint density at radius 2 is 1.45 bits per heavy atom. The molecule has 12 nitrogen and oxygen atoms in total.